The molecular formula is C16H17FN2O3. The second kappa shape index (κ2) is 5.15. The summed E-state index contributed by atoms with van der Waals surface area (Å²) in [4.78, 5) is 0. The Morgan fingerprint density at radius 2 is 2.00 bits per heavy atom. The maximum atomic E-state index is 14.2. The van der Waals surface area contributed by atoms with Gasteiger partial charge in [0, 0.05) is 11.6 Å². The number of nitrogens with zero attached hydrogens (tertiary/aromatic N) is 2. The molecule has 2 heterocycles. The Morgan fingerprint density at radius 3 is 2.59 bits per heavy atom. The van der Waals surface area contributed by atoms with Crippen molar-refractivity contribution in [2.45, 2.75) is 26.8 Å². The fourth-order valence-corrected chi connectivity index (χ4v) is 2.71. The molecule has 1 aliphatic heterocycles. The first-order valence-electron chi connectivity index (χ1n) is 6.93. The quantitative estimate of drug-likeness (QED) is 0.887. The molecule has 0 radical (unpaired) electrons. The Labute approximate surface area is 127 Å². The van der Waals surface area contributed by atoms with Crippen molar-refractivity contribution >= 4 is 11.4 Å². The molecule has 1 aliphatic rings. The maximum absolute atomic E-state index is 14.2. The van der Waals surface area contributed by atoms with Crippen molar-refractivity contribution in [3.8, 4) is 5.75 Å². The van der Waals surface area contributed by atoms with Crippen LogP contribution in [0.4, 0.5) is 10.1 Å². The zero-order valence-electron chi connectivity index (χ0n) is 12.5. The van der Waals surface area contributed by atoms with Crippen molar-refractivity contribution in [3.05, 3.63) is 53.2 Å². The molecule has 116 valence electrons. The van der Waals surface area contributed by atoms with E-state index in [4.69, 9.17) is 4.42 Å². The van der Waals surface area contributed by atoms with Gasteiger partial charge in [0.05, 0.1) is 23.7 Å². The van der Waals surface area contributed by atoms with Gasteiger partial charge in [0.2, 0.25) is 0 Å². The third-order valence-corrected chi connectivity index (χ3v) is 3.77. The standard InChI is InChI=1S/C16H17FN2O3/c1-9-8-22-11(3)16(9)15-6-10(2)19(21)18(15)14-5-4-12(20)7-13(14)17/h4-8,10,20-21H,1-3H3. The lowest BCUT2D eigenvalue weighted by Crippen LogP contribution is -2.38. The second-order valence-electron chi connectivity index (χ2n) is 5.41. The van der Waals surface area contributed by atoms with Gasteiger partial charge >= 0.3 is 0 Å². The third kappa shape index (κ3) is 2.17. The molecule has 0 amide bonds. The van der Waals surface area contributed by atoms with Crippen LogP contribution in [0.5, 0.6) is 5.75 Å². The van der Waals surface area contributed by atoms with Gasteiger partial charge in [0.25, 0.3) is 0 Å². The molecule has 1 aromatic heterocycles. The predicted molar refractivity (Wildman–Crippen MR) is 79.8 cm³/mol. The molecule has 2 aromatic rings. The van der Waals surface area contributed by atoms with Gasteiger partial charge in [-0.25, -0.2) is 9.40 Å². The number of benzene rings is 1. The Balaban J connectivity index is 2.14. The summed E-state index contributed by atoms with van der Waals surface area (Å²) in [5, 5.41) is 22.0. The molecule has 0 bridgehead atoms. The topological polar surface area (TPSA) is 60.1 Å². The van der Waals surface area contributed by atoms with E-state index < -0.39 is 5.82 Å². The molecule has 1 aromatic carbocycles. The van der Waals surface area contributed by atoms with E-state index in [1.54, 1.807) is 13.2 Å². The van der Waals surface area contributed by atoms with E-state index in [1.165, 1.54) is 17.1 Å². The first-order chi connectivity index (χ1) is 10.4. The second-order valence-corrected chi connectivity index (χ2v) is 5.41. The highest BCUT2D eigenvalue weighted by Crippen LogP contribution is 2.38. The van der Waals surface area contributed by atoms with Gasteiger partial charge in [-0.15, -0.1) is 0 Å². The first-order valence-corrected chi connectivity index (χ1v) is 6.93. The van der Waals surface area contributed by atoms with Crippen molar-refractivity contribution in [1.29, 1.82) is 0 Å². The molecule has 2 N–H and O–H groups in total. The van der Waals surface area contributed by atoms with Crippen LogP contribution in [0.2, 0.25) is 0 Å². The van der Waals surface area contributed by atoms with Crippen LogP contribution >= 0.6 is 0 Å². The highest BCUT2D eigenvalue weighted by molar-refractivity contribution is 5.83. The van der Waals surface area contributed by atoms with Gasteiger partial charge in [-0.3, -0.25) is 5.21 Å². The zero-order valence-corrected chi connectivity index (χ0v) is 12.5. The SMILES string of the molecule is Cc1coc(C)c1C1=CC(C)N(O)N1c1ccc(O)cc1F. The lowest BCUT2D eigenvalue weighted by Gasteiger charge is -2.30. The number of hydrogen-bond donors (Lipinski definition) is 2. The minimum Gasteiger partial charge on any atom is -0.508 e. The van der Waals surface area contributed by atoms with Crippen LogP contribution in [0.15, 0.2) is 35.0 Å². The van der Waals surface area contributed by atoms with E-state index in [0.717, 1.165) is 22.4 Å². The van der Waals surface area contributed by atoms with Crippen LogP contribution in [0.1, 0.15) is 23.8 Å². The Bertz CT molecular complexity index is 734. The molecule has 0 aliphatic carbocycles. The molecular weight excluding hydrogens is 287 g/mol. The molecule has 5 nitrogen and oxygen atoms in total. The summed E-state index contributed by atoms with van der Waals surface area (Å²) in [7, 11) is 0. The number of rotatable bonds is 2. The third-order valence-electron chi connectivity index (χ3n) is 3.77. The summed E-state index contributed by atoms with van der Waals surface area (Å²) in [5.74, 6) is -0.104. The van der Waals surface area contributed by atoms with Crippen LogP contribution in [0.3, 0.4) is 0 Å². The number of hydroxylamine groups is 1. The smallest absolute Gasteiger partial charge is 0.152 e. The van der Waals surface area contributed by atoms with E-state index in [-0.39, 0.29) is 17.5 Å². The number of hydrazine groups is 1. The summed E-state index contributed by atoms with van der Waals surface area (Å²) >= 11 is 0. The molecule has 3 rings (SSSR count). The van der Waals surface area contributed by atoms with Gasteiger partial charge in [-0.05, 0) is 44.5 Å². The van der Waals surface area contributed by atoms with Gasteiger partial charge in [0.1, 0.15) is 11.5 Å². The molecule has 1 atom stereocenters. The summed E-state index contributed by atoms with van der Waals surface area (Å²) < 4.78 is 19.6. The Kier molecular flexibility index (Phi) is 3.42. The van der Waals surface area contributed by atoms with Gasteiger partial charge in [-0.2, -0.15) is 0 Å². The van der Waals surface area contributed by atoms with Gasteiger partial charge < -0.3 is 9.52 Å². The Morgan fingerprint density at radius 1 is 1.27 bits per heavy atom. The van der Waals surface area contributed by atoms with E-state index in [2.05, 4.69) is 0 Å². The number of halogens is 1. The first kappa shape index (κ1) is 14.6. The molecule has 22 heavy (non-hydrogen) atoms. The average Bonchev–Trinajstić information content (AvgIpc) is 2.92. The fraction of sp³-hybridized carbons (Fsp3) is 0.250. The Hall–Kier alpha value is -2.31. The van der Waals surface area contributed by atoms with Crippen LogP contribution in [-0.4, -0.2) is 21.5 Å². The van der Waals surface area contributed by atoms with Crippen molar-refractivity contribution in [3.63, 3.8) is 0 Å². The lowest BCUT2D eigenvalue weighted by molar-refractivity contribution is -0.101. The number of hydrogen-bond acceptors (Lipinski definition) is 5. The minimum absolute atomic E-state index is 0.149. The molecule has 0 saturated carbocycles. The summed E-state index contributed by atoms with van der Waals surface area (Å²) in [6, 6.07) is 3.49. The van der Waals surface area contributed by atoms with Crippen molar-refractivity contribution in [1.82, 2.24) is 5.17 Å². The molecule has 1 unspecified atom stereocenters. The summed E-state index contributed by atoms with van der Waals surface area (Å²) in [6.07, 6.45) is 3.46. The van der Waals surface area contributed by atoms with Gasteiger partial charge in [-0.1, -0.05) is 5.17 Å². The largest absolute Gasteiger partial charge is 0.508 e. The zero-order chi connectivity index (χ0) is 16.0. The van der Waals surface area contributed by atoms with E-state index >= 15 is 0 Å². The number of aryl methyl sites for hydroxylation is 2. The number of furan rings is 1. The molecule has 0 fully saturated rings. The van der Waals surface area contributed by atoms with Crippen LogP contribution < -0.4 is 5.01 Å². The lowest BCUT2D eigenvalue weighted by atomic mass is 10.1. The van der Waals surface area contributed by atoms with Gasteiger partial charge in [0.15, 0.2) is 5.82 Å². The molecule has 0 saturated heterocycles. The van der Waals surface area contributed by atoms with Crippen LogP contribution in [0, 0.1) is 19.7 Å². The molecule has 0 spiro atoms. The predicted octanol–water partition coefficient (Wildman–Crippen LogP) is 3.60. The van der Waals surface area contributed by atoms with E-state index in [0.29, 0.717) is 11.5 Å². The highest BCUT2D eigenvalue weighted by atomic mass is 19.1. The highest BCUT2D eigenvalue weighted by Gasteiger charge is 2.34. The van der Waals surface area contributed by atoms with Crippen LogP contribution in [0.25, 0.3) is 5.70 Å². The van der Waals surface area contributed by atoms with E-state index in [9.17, 15) is 14.7 Å². The fourth-order valence-electron chi connectivity index (χ4n) is 2.71. The maximum Gasteiger partial charge on any atom is 0.152 e. The summed E-state index contributed by atoms with van der Waals surface area (Å²) in [6.45, 7) is 5.50. The number of aromatic hydroxyl groups is 1. The molecule has 6 heteroatoms. The monoisotopic (exact) mass is 304 g/mol. The number of phenolic OH excluding ortho intramolecular Hbond substituents is 1. The average molecular weight is 304 g/mol. The number of anilines is 1. The van der Waals surface area contributed by atoms with Crippen LogP contribution in [-0.2, 0) is 0 Å². The normalized spacial score (nSPS) is 18.9. The van der Waals surface area contributed by atoms with Crippen molar-refractivity contribution in [2.24, 2.45) is 0 Å². The van der Waals surface area contributed by atoms with Crippen molar-refractivity contribution < 1.29 is 19.1 Å². The van der Waals surface area contributed by atoms with Crippen molar-refractivity contribution in [2.75, 3.05) is 5.01 Å². The minimum atomic E-state index is -0.627. The number of phenols is 1. The van der Waals surface area contributed by atoms with E-state index in [1.807, 2.05) is 19.9 Å². The summed E-state index contributed by atoms with van der Waals surface area (Å²) in [5.41, 5.74) is 2.51.